The number of piperazine rings is 1. The van der Waals surface area contributed by atoms with E-state index in [0.717, 1.165) is 18.3 Å². The zero-order chi connectivity index (χ0) is 29.9. The van der Waals surface area contributed by atoms with Gasteiger partial charge in [-0.25, -0.2) is 18.4 Å². The Morgan fingerprint density at radius 2 is 1.64 bits per heavy atom. The van der Waals surface area contributed by atoms with Crippen LogP contribution in [0.2, 0.25) is 0 Å². The summed E-state index contributed by atoms with van der Waals surface area (Å²) in [6.07, 6.45) is -2.70. The number of pyridine rings is 2. The van der Waals surface area contributed by atoms with Gasteiger partial charge in [-0.1, -0.05) is 18.2 Å². The van der Waals surface area contributed by atoms with E-state index >= 15 is 0 Å². The van der Waals surface area contributed by atoms with Crippen LogP contribution < -0.4 is 4.74 Å². The van der Waals surface area contributed by atoms with Crippen molar-refractivity contribution in [2.24, 2.45) is 0 Å². The van der Waals surface area contributed by atoms with Crippen molar-refractivity contribution in [2.75, 3.05) is 26.2 Å². The van der Waals surface area contributed by atoms with Gasteiger partial charge in [0.25, 0.3) is 5.91 Å². The number of halogens is 3. The highest BCUT2D eigenvalue weighted by molar-refractivity contribution is 7.89. The molecular formula is C29H24F3N5O4S. The third-order valence-corrected chi connectivity index (χ3v) is 8.49. The molecule has 4 aromatic rings. The molecule has 0 radical (unpaired) electrons. The number of nitrogens with zero attached hydrogens (tertiary/aromatic N) is 4. The Kier molecular flexibility index (Phi) is 8.05. The average molecular weight is 596 g/mol. The van der Waals surface area contributed by atoms with E-state index in [1.54, 1.807) is 59.5 Å². The van der Waals surface area contributed by atoms with Gasteiger partial charge in [-0.3, -0.25) is 4.79 Å². The molecule has 2 aromatic heterocycles. The van der Waals surface area contributed by atoms with Gasteiger partial charge in [0.2, 0.25) is 15.9 Å². The maximum atomic E-state index is 13.2. The molecule has 0 aliphatic carbocycles. The summed E-state index contributed by atoms with van der Waals surface area (Å²) in [5.74, 6) is 0.0397. The van der Waals surface area contributed by atoms with E-state index in [-0.39, 0.29) is 48.6 Å². The minimum atomic E-state index is -4.49. The Balaban J connectivity index is 1.22. The third kappa shape index (κ3) is 6.31. The lowest BCUT2D eigenvalue weighted by atomic mass is 10.1. The molecule has 1 fully saturated rings. The number of sulfonamides is 1. The van der Waals surface area contributed by atoms with Crippen molar-refractivity contribution in [1.82, 2.24) is 19.2 Å². The topological polar surface area (TPSA) is 117 Å². The molecule has 1 amide bonds. The van der Waals surface area contributed by atoms with Crippen LogP contribution in [-0.2, 0) is 16.2 Å². The number of amides is 1. The number of hydrogen-bond acceptors (Lipinski definition) is 7. The molecular weight excluding hydrogens is 571 g/mol. The summed E-state index contributed by atoms with van der Waals surface area (Å²) in [6, 6.07) is 19.8. The van der Waals surface area contributed by atoms with Crippen LogP contribution in [0.4, 0.5) is 13.2 Å². The molecule has 0 saturated carbocycles. The van der Waals surface area contributed by atoms with Gasteiger partial charge < -0.3 is 15.0 Å². The summed E-state index contributed by atoms with van der Waals surface area (Å²) in [4.78, 5) is 23.1. The van der Waals surface area contributed by atoms with Gasteiger partial charge in [0.15, 0.2) is 0 Å². The summed E-state index contributed by atoms with van der Waals surface area (Å²) in [7, 11) is -3.77. The largest absolute Gasteiger partial charge is 0.439 e. The van der Waals surface area contributed by atoms with Crippen molar-refractivity contribution in [1.29, 1.82) is 5.41 Å². The zero-order valence-corrected chi connectivity index (χ0v) is 22.8. The first kappa shape index (κ1) is 28.9. The number of benzene rings is 2. The van der Waals surface area contributed by atoms with E-state index in [2.05, 4.69) is 9.97 Å². The van der Waals surface area contributed by atoms with Crippen molar-refractivity contribution in [3.63, 3.8) is 0 Å². The number of carbonyl (C=O) groups excluding carboxylic acids is 1. The zero-order valence-electron chi connectivity index (χ0n) is 22.0. The molecule has 0 unspecified atom stereocenters. The van der Waals surface area contributed by atoms with Gasteiger partial charge in [-0.2, -0.15) is 17.5 Å². The number of alkyl halides is 3. The average Bonchev–Trinajstić information content (AvgIpc) is 3.01. The van der Waals surface area contributed by atoms with Crippen LogP contribution in [0.25, 0.3) is 11.3 Å². The van der Waals surface area contributed by atoms with E-state index in [1.165, 1.54) is 16.4 Å². The maximum absolute atomic E-state index is 13.2. The highest BCUT2D eigenvalue weighted by Gasteiger charge is 2.32. The summed E-state index contributed by atoms with van der Waals surface area (Å²) in [5.41, 5.74) is 1.02. The SMILES string of the molecule is N=Cc1cccc(S(=O)(=O)N2CCN(C(=O)c3cccc(-c4ccc(Oc5ccc(C(F)(F)F)cn5)cc4)n3)CC2)c1. The number of nitrogens with one attached hydrogen (secondary N) is 1. The molecule has 0 bridgehead atoms. The van der Waals surface area contributed by atoms with Crippen LogP contribution >= 0.6 is 0 Å². The highest BCUT2D eigenvalue weighted by atomic mass is 32.2. The van der Waals surface area contributed by atoms with Crippen LogP contribution in [0.3, 0.4) is 0 Å². The number of hydrogen-bond donors (Lipinski definition) is 1. The van der Waals surface area contributed by atoms with Gasteiger partial charge in [0.1, 0.15) is 11.4 Å². The highest BCUT2D eigenvalue weighted by Crippen LogP contribution is 2.30. The van der Waals surface area contributed by atoms with E-state index in [9.17, 15) is 26.4 Å². The van der Waals surface area contributed by atoms with E-state index in [0.29, 0.717) is 28.8 Å². The first-order chi connectivity index (χ1) is 20.0. The Hall–Kier alpha value is -4.62. The van der Waals surface area contributed by atoms with Crippen LogP contribution in [0.5, 0.6) is 11.6 Å². The Morgan fingerprint density at radius 1 is 0.929 bits per heavy atom. The van der Waals surface area contributed by atoms with Gasteiger partial charge in [0.05, 0.1) is 16.2 Å². The molecule has 42 heavy (non-hydrogen) atoms. The molecule has 3 heterocycles. The molecule has 13 heteroatoms. The van der Waals surface area contributed by atoms with Gasteiger partial charge in [-0.05, 0) is 60.2 Å². The van der Waals surface area contributed by atoms with Crippen molar-refractivity contribution >= 4 is 22.1 Å². The molecule has 5 rings (SSSR count). The Morgan fingerprint density at radius 3 is 2.29 bits per heavy atom. The molecule has 9 nitrogen and oxygen atoms in total. The Labute approximate surface area is 239 Å². The molecule has 0 atom stereocenters. The van der Waals surface area contributed by atoms with Crippen LogP contribution in [0.15, 0.2) is 90.0 Å². The molecule has 216 valence electrons. The normalized spacial score (nSPS) is 14.4. The molecule has 0 spiro atoms. The first-order valence-electron chi connectivity index (χ1n) is 12.7. The quantitative estimate of drug-likeness (QED) is 0.297. The monoisotopic (exact) mass is 595 g/mol. The predicted octanol–water partition coefficient (Wildman–Crippen LogP) is 5.10. The number of carbonyl (C=O) groups is 1. The smallest absolute Gasteiger partial charge is 0.417 e. The lowest BCUT2D eigenvalue weighted by molar-refractivity contribution is -0.137. The molecule has 1 saturated heterocycles. The first-order valence-corrected chi connectivity index (χ1v) is 14.2. The van der Waals surface area contributed by atoms with E-state index < -0.39 is 21.8 Å². The fourth-order valence-corrected chi connectivity index (χ4v) is 5.82. The standard InChI is InChI=1S/C29H24F3N5O4S/c30-29(31,32)22-9-12-27(34-19-22)41-23-10-7-21(8-11-23)25-5-2-6-26(35-25)28(38)36-13-15-37(16-14-36)42(39,40)24-4-1-3-20(17-24)18-33/h1-12,17-19,33H,13-16H2. The summed E-state index contributed by atoms with van der Waals surface area (Å²) < 4.78 is 71.2. The van der Waals surface area contributed by atoms with Gasteiger partial charge >= 0.3 is 6.18 Å². The fraction of sp³-hybridized carbons (Fsp3) is 0.172. The second-order valence-corrected chi connectivity index (χ2v) is 11.3. The summed E-state index contributed by atoms with van der Waals surface area (Å²) >= 11 is 0. The van der Waals surface area contributed by atoms with Crippen molar-refractivity contribution in [2.45, 2.75) is 11.1 Å². The van der Waals surface area contributed by atoms with Gasteiger partial charge in [0, 0.05) is 50.2 Å². The fourth-order valence-electron chi connectivity index (χ4n) is 4.34. The van der Waals surface area contributed by atoms with Crippen molar-refractivity contribution in [3.8, 4) is 22.9 Å². The number of aromatic nitrogens is 2. The van der Waals surface area contributed by atoms with Crippen molar-refractivity contribution < 1.29 is 31.1 Å². The van der Waals surface area contributed by atoms with Crippen molar-refractivity contribution in [3.05, 3.63) is 102 Å². The van der Waals surface area contributed by atoms with Crippen LogP contribution in [0.1, 0.15) is 21.6 Å². The van der Waals surface area contributed by atoms with E-state index in [1.807, 2.05) is 0 Å². The molecule has 1 N–H and O–H groups in total. The Bertz CT molecular complexity index is 1700. The maximum Gasteiger partial charge on any atom is 0.417 e. The lowest BCUT2D eigenvalue weighted by Gasteiger charge is -2.33. The predicted molar refractivity (Wildman–Crippen MR) is 148 cm³/mol. The summed E-state index contributed by atoms with van der Waals surface area (Å²) in [6.45, 7) is 0.631. The second-order valence-electron chi connectivity index (χ2n) is 9.33. The summed E-state index contributed by atoms with van der Waals surface area (Å²) in [5, 5.41) is 7.37. The molecule has 1 aliphatic heterocycles. The minimum Gasteiger partial charge on any atom is -0.439 e. The van der Waals surface area contributed by atoms with Gasteiger partial charge in [-0.15, -0.1) is 0 Å². The molecule has 1 aliphatic rings. The number of rotatable bonds is 7. The second kappa shape index (κ2) is 11.7. The van der Waals surface area contributed by atoms with Crippen LogP contribution in [0, 0.1) is 5.41 Å². The van der Waals surface area contributed by atoms with E-state index in [4.69, 9.17) is 10.1 Å². The van der Waals surface area contributed by atoms with Crippen LogP contribution in [-0.4, -0.2) is 65.9 Å². The molecule has 2 aromatic carbocycles. The third-order valence-electron chi connectivity index (χ3n) is 6.59. The number of ether oxygens (including phenoxy) is 1. The minimum absolute atomic E-state index is 0.00856. The lowest BCUT2D eigenvalue weighted by Crippen LogP contribution is -2.50.